The lowest BCUT2D eigenvalue weighted by molar-refractivity contribution is -0.114. The predicted molar refractivity (Wildman–Crippen MR) is 135 cm³/mol. The first-order chi connectivity index (χ1) is 16.1. The number of nitrogens with zero attached hydrogens (tertiary/aromatic N) is 2. The molecule has 0 fully saturated rings. The maximum atomic E-state index is 13.1. The van der Waals surface area contributed by atoms with Crippen LogP contribution in [-0.2, 0) is 10.2 Å². The van der Waals surface area contributed by atoms with Gasteiger partial charge in [-0.3, -0.25) is 15.0 Å². The van der Waals surface area contributed by atoms with Crippen LogP contribution in [0.4, 0.5) is 5.69 Å². The molecule has 1 heterocycles. The Labute approximate surface area is 198 Å². The molecule has 3 N–H and O–H groups in total. The molecule has 0 saturated carbocycles. The molecule has 0 atom stereocenters. The van der Waals surface area contributed by atoms with Gasteiger partial charge < -0.3 is 10.5 Å². The summed E-state index contributed by atoms with van der Waals surface area (Å²) in [5, 5.41) is 17.7. The van der Waals surface area contributed by atoms with E-state index in [4.69, 9.17) is 0 Å². The number of nitrogens with one attached hydrogen (secondary N) is 2. The number of hydrogen-bond acceptors (Lipinski definition) is 5. The Hall–Kier alpha value is -4.13. The average Bonchev–Trinajstić information content (AvgIpc) is 3.10. The van der Waals surface area contributed by atoms with E-state index in [0.717, 1.165) is 16.3 Å². The van der Waals surface area contributed by atoms with Crippen LogP contribution >= 0.6 is 0 Å². The highest BCUT2D eigenvalue weighted by molar-refractivity contribution is 6.30. The van der Waals surface area contributed by atoms with Crippen molar-refractivity contribution in [1.29, 1.82) is 0 Å². The second kappa shape index (κ2) is 8.67. The number of rotatable bonds is 4. The zero-order chi connectivity index (χ0) is 24.6. The minimum atomic E-state index is -0.516. The van der Waals surface area contributed by atoms with Crippen molar-refractivity contribution in [2.24, 2.45) is 5.10 Å². The van der Waals surface area contributed by atoms with Crippen LogP contribution in [0.25, 0.3) is 10.8 Å². The van der Waals surface area contributed by atoms with Crippen molar-refractivity contribution in [3.8, 4) is 5.75 Å². The van der Waals surface area contributed by atoms with Gasteiger partial charge in [0, 0.05) is 5.70 Å². The van der Waals surface area contributed by atoms with Crippen LogP contribution in [0.3, 0.4) is 0 Å². The number of fused-ring (bicyclic) bond motifs is 1. The number of hydrogen-bond donors (Lipinski definition) is 3. The summed E-state index contributed by atoms with van der Waals surface area (Å²) in [6.07, 6.45) is 0. The van der Waals surface area contributed by atoms with Crippen molar-refractivity contribution < 1.29 is 14.7 Å². The molecule has 0 bridgehead atoms. The van der Waals surface area contributed by atoms with Crippen molar-refractivity contribution in [1.82, 2.24) is 10.9 Å². The smallest absolute Gasteiger partial charge is 0.282 e. The van der Waals surface area contributed by atoms with E-state index in [1.165, 1.54) is 5.01 Å². The standard InChI is InChI=1S/C27H28N4O3/c1-16(28-29-25(33)22-14-18-8-6-7-9-19(18)15-23(22)32)24-17(2)30-31(26(24)34)21-12-10-20(11-13-21)27(3,4)5/h6-15,28,32H,1-5H3,(H,29,33)/b24-16-. The zero-order valence-electron chi connectivity index (χ0n) is 19.9. The third-order valence-corrected chi connectivity index (χ3v) is 5.84. The number of allylic oxidation sites excluding steroid dienone is 1. The number of carbonyl (C=O) groups excluding carboxylic acids is 2. The summed E-state index contributed by atoms with van der Waals surface area (Å²) < 4.78 is 0. The fourth-order valence-corrected chi connectivity index (χ4v) is 3.91. The molecule has 34 heavy (non-hydrogen) atoms. The largest absolute Gasteiger partial charge is 0.507 e. The molecule has 2 amide bonds. The summed E-state index contributed by atoms with van der Waals surface area (Å²) in [6.45, 7) is 9.84. The molecule has 4 rings (SSSR count). The van der Waals surface area contributed by atoms with E-state index < -0.39 is 5.91 Å². The molecule has 0 aliphatic carbocycles. The molecule has 0 aromatic heterocycles. The number of anilines is 1. The number of amides is 2. The van der Waals surface area contributed by atoms with Gasteiger partial charge in [0.15, 0.2) is 0 Å². The van der Waals surface area contributed by atoms with Crippen LogP contribution in [0.2, 0.25) is 0 Å². The number of hydrazine groups is 1. The lowest BCUT2D eigenvalue weighted by Gasteiger charge is -2.20. The lowest BCUT2D eigenvalue weighted by Crippen LogP contribution is -2.38. The highest BCUT2D eigenvalue weighted by Gasteiger charge is 2.31. The van der Waals surface area contributed by atoms with Gasteiger partial charge in [-0.15, -0.1) is 0 Å². The maximum absolute atomic E-state index is 13.1. The van der Waals surface area contributed by atoms with Gasteiger partial charge in [0.1, 0.15) is 5.75 Å². The molecular weight excluding hydrogens is 428 g/mol. The van der Waals surface area contributed by atoms with Gasteiger partial charge in [-0.1, -0.05) is 57.2 Å². The Kier molecular flexibility index (Phi) is 5.87. The molecule has 0 radical (unpaired) electrons. The van der Waals surface area contributed by atoms with E-state index in [-0.39, 0.29) is 22.6 Å². The maximum Gasteiger partial charge on any atom is 0.282 e. The van der Waals surface area contributed by atoms with Crippen molar-refractivity contribution in [2.75, 3.05) is 5.01 Å². The first-order valence-corrected chi connectivity index (χ1v) is 11.1. The summed E-state index contributed by atoms with van der Waals surface area (Å²) in [7, 11) is 0. The molecule has 3 aromatic carbocycles. The van der Waals surface area contributed by atoms with Gasteiger partial charge in [0.2, 0.25) is 0 Å². The van der Waals surface area contributed by atoms with Crippen molar-refractivity contribution >= 4 is 34.0 Å². The first kappa shape index (κ1) is 23.0. The lowest BCUT2D eigenvalue weighted by atomic mass is 9.87. The van der Waals surface area contributed by atoms with E-state index in [1.807, 2.05) is 48.5 Å². The van der Waals surface area contributed by atoms with Crippen LogP contribution in [0.5, 0.6) is 5.75 Å². The molecule has 7 nitrogen and oxygen atoms in total. The predicted octanol–water partition coefficient (Wildman–Crippen LogP) is 4.77. The zero-order valence-corrected chi connectivity index (χ0v) is 19.9. The average molecular weight is 457 g/mol. The summed E-state index contributed by atoms with van der Waals surface area (Å²) in [5.41, 5.74) is 8.72. The molecule has 1 aliphatic heterocycles. The second-order valence-electron chi connectivity index (χ2n) is 9.39. The summed E-state index contributed by atoms with van der Waals surface area (Å²) in [6, 6.07) is 18.4. The van der Waals surface area contributed by atoms with Crippen molar-refractivity contribution in [2.45, 2.75) is 40.0 Å². The molecule has 7 heteroatoms. The van der Waals surface area contributed by atoms with Crippen LogP contribution in [0, 0.1) is 0 Å². The normalized spacial score (nSPS) is 15.4. The molecule has 1 aliphatic rings. The Morgan fingerprint density at radius 2 is 1.59 bits per heavy atom. The van der Waals surface area contributed by atoms with Crippen LogP contribution in [0.15, 0.2) is 77.0 Å². The third-order valence-electron chi connectivity index (χ3n) is 5.84. The highest BCUT2D eigenvalue weighted by atomic mass is 16.3. The Morgan fingerprint density at radius 1 is 0.971 bits per heavy atom. The van der Waals surface area contributed by atoms with Crippen LogP contribution in [0.1, 0.15) is 50.5 Å². The summed E-state index contributed by atoms with van der Waals surface area (Å²) in [5.74, 6) is -0.922. The van der Waals surface area contributed by atoms with Crippen LogP contribution in [-0.4, -0.2) is 22.6 Å². The highest BCUT2D eigenvalue weighted by Crippen LogP contribution is 2.29. The number of aromatic hydroxyl groups is 1. The molecular formula is C27H28N4O3. The van der Waals surface area contributed by atoms with E-state index in [2.05, 4.69) is 36.7 Å². The van der Waals surface area contributed by atoms with Gasteiger partial charge in [-0.05, 0) is 59.9 Å². The van der Waals surface area contributed by atoms with Crippen LogP contribution < -0.4 is 15.9 Å². The van der Waals surface area contributed by atoms with Gasteiger partial charge in [0.05, 0.1) is 22.5 Å². The van der Waals surface area contributed by atoms with E-state index in [9.17, 15) is 14.7 Å². The van der Waals surface area contributed by atoms with Gasteiger partial charge >= 0.3 is 0 Å². The van der Waals surface area contributed by atoms with E-state index in [1.54, 1.807) is 26.0 Å². The second-order valence-corrected chi connectivity index (χ2v) is 9.39. The fourth-order valence-electron chi connectivity index (χ4n) is 3.91. The number of benzene rings is 3. The topological polar surface area (TPSA) is 94.0 Å². The number of carbonyl (C=O) groups is 2. The quantitative estimate of drug-likeness (QED) is 0.389. The first-order valence-electron chi connectivity index (χ1n) is 11.1. The van der Waals surface area contributed by atoms with E-state index in [0.29, 0.717) is 22.7 Å². The number of phenolic OH excluding ortho intramolecular Hbond substituents is 1. The number of phenols is 1. The third kappa shape index (κ3) is 4.37. The summed E-state index contributed by atoms with van der Waals surface area (Å²) >= 11 is 0. The minimum absolute atomic E-state index is 0.00991. The van der Waals surface area contributed by atoms with E-state index >= 15 is 0 Å². The van der Waals surface area contributed by atoms with Gasteiger partial charge in [-0.2, -0.15) is 10.1 Å². The van der Waals surface area contributed by atoms with Gasteiger partial charge in [0.25, 0.3) is 11.8 Å². The summed E-state index contributed by atoms with van der Waals surface area (Å²) in [4.78, 5) is 25.8. The molecule has 0 saturated heterocycles. The molecule has 0 unspecified atom stereocenters. The molecule has 3 aromatic rings. The monoisotopic (exact) mass is 456 g/mol. The van der Waals surface area contributed by atoms with Gasteiger partial charge in [-0.25, -0.2) is 0 Å². The fraction of sp³-hybridized carbons (Fsp3) is 0.222. The SMILES string of the molecule is CC1=NN(c2ccc(C(C)(C)C)cc2)C(=O)/C1=C(/C)NNC(=O)c1cc2ccccc2cc1O. The Balaban J connectivity index is 1.51. The van der Waals surface area contributed by atoms with Crippen molar-refractivity contribution in [3.63, 3.8) is 0 Å². The number of hydrazone groups is 1. The Morgan fingerprint density at radius 3 is 2.21 bits per heavy atom. The Bertz CT molecular complexity index is 1350. The molecule has 174 valence electrons. The minimum Gasteiger partial charge on any atom is -0.507 e. The molecule has 0 spiro atoms. The van der Waals surface area contributed by atoms with Crippen molar-refractivity contribution in [3.05, 3.63) is 83.1 Å².